The highest BCUT2D eigenvalue weighted by molar-refractivity contribution is 5.81. The van der Waals surface area contributed by atoms with Gasteiger partial charge in [0.1, 0.15) is 0 Å². The first-order valence-corrected chi connectivity index (χ1v) is 6.29. The van der Waals surface area contributed by atoms with E-state index in [1.54, 1.807) is 0 Å². The van der Waals surface area contributed by atoms with Crippen LogP contribution in [-0.2, 0) is 9.59 Å². The van der Waals surface area contributed by atoms with Gasteiger partial charge in [-0.25, -0.2) is 0 Å². The molecule has 0 aromatic carbocycles. The largest absolute Gasteiger partial charge is 0.370 e. The third-order valence-electron chi connectivity index (χ3n) is 2.69. The third kappa shape index (κ3) is 8.68. The zero-order chi connectivity index (χ0) is 13.3. The molecule has 0 aromatic rings. The van der Waals surface area contributed by atoms with E-state index in [0.717, 1.165) is 25.8 Å². The molecule has 17 heavy (non-hydrogen) atoms. The maximum atomic E-state index is 11.6. The van der Waals surface area contributed by atoms with Crippen LogP contribution in [0.2, 0.25) is 0 Å². The highest BCUT2D eigenvalue weighted by atomic mass is 16.2. The predicted octanol–water partition coefficient (Wildman–Crippen LogP) is 0.535. The van der Waals surface area contributed by atoms with Gasteiger partial charge in [-0.3, -0.25) is 9.59 Å². The maximum absolute atomic E-state index is 11.6. The van der Waals surface area contributed by atoms with Crippen molar-refractivity contribution in [1.82, 2.24) is 10.6 Å². The second-order valence-corrected chi connectivity index (χ2v) is 4.42. The minimum Gasteiger partial charge on any atom is -0.370 e. The number of carbonyl (C=O) groups is 2. The summed E-state index contributed by atoms with van der Waals surface area (Å²) in [5.74, 6) is -0.248. The molecule has 2 atom stereocenters. The Kier molecular flexibility index (Phi) is 8.40. The lowest BCUT2D eigenvalue weighted by molar-refractivity contribution is -0.123. The molecule has 0 heterocycles. The fourth-order valence-electron chi connectivity index (χ4n) is 1.31. The molecule has 100 valence electrons. The molecule has 0 aliphatic carbocycles. The van der Waals surface area contributed by atoms with E-state index in [-0.39, 0.29) is 23.9 Å². The van der Waals surface area contributed by atoms with Crippen molar-refractivity contribution in [2.45, 2.75) is 58.5 Å². The fourth-order valence-corrected chi connectivity index (χ4v) is 1.31. The van der Waals surface area contributed by atoms with Crippen LogP contribution in [0.5, 0.6) is 0 Å². The Hall–Kier alpha value is -1.10. The summed E-state index contributed by atoms with van der Waals surface area (Å²) < 4.78 is 0. The number of nitrogens with two attached hydrogens (primary N) is 1. The number of nitrogens with one attached hydrogen (secondary N) is 2. The van der Waals surface area contributed by atoms with Gasteiger partial charge in [-0.2, -0.15) is 0 Å². The van der Waals surface area contributed by atoms with Crippen LogP contribution in [0.15, 0.2) is 0 Å². The molecule has 4 N–H and O–H groups in total. The second kappa shape index (κ2) is 8.98. The van der Waals surface area contributed by atoms with Crippen LogP contribution in [0.1, 0.15) is 46.5 Å². The normalized spacial score (nSPS) is 14.1. The number of carbonyl (C=O) groups excluding carboxylic acids is 2. The molecule has 0 radical (unpaired) electrons. The number of amides is 2. The lowest BCUT2D eigenvalue weighted by atomic mass is 10.2. The highest BCUT2D eigenvalue weighted by Gasteiger charge is 2.13. The van der Waals surface area contributed by atoms with E-state index >= 15 is 0 Å². The first-order valence-electron chi connectivity index (χ1n) is 6.29. The van der Waals surface area contributed by atoms with Crippen molar-refractivity contribution in [3.05, 3.63) is 0 Å². The molecule has 0 spiro atoms. The Bertz CT molecular complexity index is 244. The van der Waals surface area contributed by atoms with E-state index in [0.29, 0.717) is 6.42 Å². The van der Waals surface area contributed by atoms with Gasteiger partial charge < -0.3 is 16.4 Å². The Morgan fingerprint density at radius 1 is 1.24 bits per heavy atom. The van der Waals surface area contributed by atoms with Crippen LogP contribution < -0.4 is 16.4 Å². The summed E-state index contributed by atoms with van der Waals surface area (Å²) in [4.78, 5) is 22.1. The van der Waals surface area contributed by atoms with Gasteiger partial charge in [0.15, 0.2) is 0 Å². The minimum absolute atomic E-state index is 0.0225. The van der Waals surface area contributed by atoms with E-state index in [9.17, 15) is 9.59 Å². The van der Waals surface area contributed by atoms with Crippen LogP contribution in [0.4, 0.5) is 0 Å². The van der Waals surface area contributed by atoms with Crippen molar-refractivity contribution in [3.8, 4) is 0 Å². The van der Waals surface area contributed by atoms with Crippen molar-refractivity contribution < 1.29 is 9.59 Å². The zero-order valence-electron chi connectivity index (χ0n) is 11.1. The second-order valence-electron chi connectivity index (χ2n) is 4.42. The van der Waals surface area contributed by atoms with Gasteiger partial charge in [0.25, 0.3) is 0 Å². The first kappa shape index (κ1) is 15.9. The molecule has 0 aliphatic rings. The number of primary amides is 1. The Morgan fingerprint density at radius 2 is 1.88 bits per heavy atom. The minimum atomic E-state index is -0.271. The van der Waals surface area contributed by atoms with Crippen molar-refractivity contribution in [3.63, 3.8) is 0 Å². The standard InChI is InChI=1S/C12H25N3O2/c1-4-9(2)15-12(17)10(3)14-8-6-5-7-11(13)16/h9-10,14H,4-8H2,1-3H3,(H2,13,16)(H,15,17). The average Bonchev–Trinajstić information content (AvgIpc) is 2.27. The molecule has 2 amide bonds. The maximum Gasteiger partial charge on any atom is 0.237 e. The van der Waals surface area contributed by atoms with Gasteiger partial charge in [0.05, 0.1) is 6.04 Å². The summed E-state index contributed by atoms with van der Waals surface area (Å²) in [6, 6.07) is 0.0131. The molecule has 5 nitrogen and oxygen atoms in total. The van der Waals surface area contributed by atoms with E-state index in [4.69, 9.17) is 5.73 Å². The van der Waals surface area contributed by atoms with Gasteiger partial charge in [-0.1, -0.05) is 6.92 Å². The van der Waals surface area contributed by atoms with Gasteiger partial charge >= 0.3 is 0 Å². The SMILES string of the molecule is CCC(C)NC(=O)C(C)NCCCCC(N)=O. The Labute approximate surface area is 104 Å². The first-order chi connectivity index (χ1) is 7.97. The molecule has 0 bridgehead atoms. The van der Waals surface area contributed by atoms with Gasteiger partial charge in [0, 0.05) is 12.5 Å². The quantitative estimate of drug-likeness (QED) is 0.517. The predicted molar refractivity (Wildman–Crippen MR) is 68.4 cm³/mol. The van der Waals surface area contributed by atoms with Crippen LogP contribution >= 0.6 is 0 Å². The highest BCUT2D eigenvalue weighted by Crippen LogP contribution is 1.94. The van der Waals surface area contributed by atoms with Gasteiger partial charge in [-0.05, 0) is 39.7 Å². The summed E-state index contributed by atoms with van der Waals surface area (Å²) >= 11 is 0. The average molecular weight is 243 g/mol. The van der Waals surface area contributed by atoms with E-state index in [1.165, 1.54) is 0 Å². The molecule has 0 aromatic heterocycles. The van der Waals surface area contributed by atoms with E-state index < -0.39 is 0 Å². The Morgan fingerprint density at radius 3 is 2.41 bits per heavy atom. The van der Waals surface area contributed by atoms with Gasteiger partial charge in [-0.15, -0.1) is 0 Å². The number of rotatable bonds is 9. The molecule has 5 heteroatoms. The number of hydrogen-bond acceptors (Lipinski definition) is 3. The lowest BCUT2D eigenvalue weighted by Crippen LogP contribution is -2.45. The summed E-state index contributed by atoms with van der Waals surface area (Å²) in [7, 11) is 0. The molecule has 0 saturated carbocycles. The third-order valence-corrected chi connectivity index (χ3v) is 2.69. The lowest BCUT2D eigenvalue weighted by Gasteiger charge is -2.17. The van der Waals surface area contributed by atoms with Crippen LogP contribution in [-0.4, -0.2) is 30.4 Å². The molecule has 0 aliphatic heterocycles. The van der Waals surface area contributed by atoms with E-state index in [1.807, 2.05) is 20.8 Å². The monoisotopic (exact) mass is 243 g/mol. The number of unbranched alkanes of at least 4 members (excludes halogenated alkanes) is 1. The van der Waals surface area contributed by atoms with E-state index in [2.05, 4.69) is 10.6 Å². The van der Waals surface area contributed by atoms with Crippen LogP contribution in [0.25, 0.3) is 0 Å². The summed E-state index contributed by atoms with van der Waals surface area (Å²) in [6.07, 6.45) is 2.96. The smallest absolute Gasteiger partial charge is 0.237 e. The molecular weight excluding hydrogens is 218 g/mol. The van der Waals surface area contributed by atoms with Gasteiger partial charge in [0.2, 0.25) is 11.8 Å². The van der Waals surface area contributed by atoms with Crippen LogP contribution in [0, 0.1) is 0 Å². The molecule has 2 unspecified atom stereocenters. The van der Waals surface area contributed by atoms with Crippen molar-refractivity contribution in [2.24, 2.45) is 5.73 Å². The molecular formula is C12H25N3O2. The molecule has 0 rings (SSSR count). The zero-order valence-corrected chi connectivity index (χ0v) is 11.1. The Balaban J connectivity index is 3.60. The van der Waals surface area contributed by atoms with Crippen molar-refractivity contribution >= 4 is 11.8 Å². The van der Waals surface area contributed by atoms with Crippen LogP contribution in [0.3, 0.4) is 0 Å². The summed E-state index contributed by atoms with van der Waals surface area (Å²) in [5, 5.41) is 6.03. The molecule has 0 saturated heterocycles. The topological polar surface area (TPSA) is 84.2 Å². The fraction of sp³-hybridized carbons (Fsp3) is 0.833. The number of hydrogen-bond donors (Lipinski definition) is 3. The summed E-state index contributed by atoms with van der Waals surface area (Å²) in [5.41, 5.74) is 5.03. The van der Waals surface area contributed by atoms with Crippen molar-refractivity contribution in [2.75, 3.05) is 6.54 Å². The van der Waals surface area contributed by atoms with Crippen molar-refractivity contribution in [1.29, 1.82) is 0 Å². The molecule has 0 fully saturated rings. The summed E-state index contributed by atoms with van der Waals surface area (Å²) in [6.45, 7) is 6.58.